The van der Waals surface area contributed by atoms with E-state index in [1.165, 1.54) is 0 Å². The standard InChI is InChI=1S/C5H14N2.4C4H8O2.Pt/c1-5(2,3-6)4-7;4*1-3(2)4(5)6;/h3-4,6-7H2,1-2H3;4*3H,1-2H3,(H,5,6);/q;;;;;+4/p-4. The third-order valence-corrected chi connectivity index (χ3v) is 2.99. The van der Waals surface area contributed by atoms with Crippen LogP contribution < -0.4 is 31.9 Å². The number of carboxylic acid groups (broad SMARTS) is 4. The van der Waals surface area contributed by atoms with Gasteiger partial charge in [-0.2, -0.15) is 0 Å². The van der Waals surface area contributed by atoms with Crippen molar-refractivity contribution in [3.63, 3.8) is 0 Å². The predicted molar refractivity (Wildman–Crippen MR) is 111 cm³/mol. The Morgan fingerprint density at radius 2 is 0.656 bits per heavy atom. The molecular weight excluding hydrogens is 603 g/mol. The summed E-state index contributed by atoms with van der Waals surface area (Å²) in [5.41, 5.74) is 10.8. The molecule has 0 saturated carbocycles. The number of rotatable bonds is 6. The normalized spacial score (nSPS) is 9.50. The van der Waals surface area contributed by atoms with E-state index in [1.54, 1.807) is 55.4 Å². The van der Waals surface area contributed by atoms with Crippen LogP contribution in [0.25, 0.3) is 0 Å². The van der Waals surface area contributed by atoms with Gasteiger partial charge in [0.25, 0.3) is 0 Å². The van der Waals surface area contributed by atoms with Gasteiger partial charge < -0.3 is 51.1 Å². The van der Waals surface area contributed by atoms with Crippen molar-refractivity contribution in [3.8, 4) is 0 Å². The molecule has 0 aromatic carbocycles. The Hall–Kier alpha value is -1.51. The molecule has 0 aliphatic carbocycles. The van der Waals surface area contributed by atoms with Crippen molar-refractivity contribution in [2.75, 3.05) is 13.1 Å². The molecule has 0 aromatic heterocycles. The third kappa shape index (κ3) is 51.3. The maximum absolute atomic E-state index is 9.59. The molecule has 0 atom stereocenters. The topological polar surface area (TPSA) is 213 Å². The van der Waals surface area contributed by atoms with Crippen LogP contribution in [0, 0.1) is 29.1 Å². The molecule has 11 heteroatoms. The first kappa shape index (κ1) is 44.2. The zero-order valence-electron chi connectivity index (χ0n) is 21.0. The van der Waals surface area contributed by atoms with Crippen molar-refractivity contribution in [1.29, 1.82) is 0 Å². The maximum Gasteiger partial charge on any atom is 4.00 e. The molecule has 0 aromatic rings. The van der Waals surface area contributed by atoms with E-state index in [0.29, 0.717) is 13.1 Å². The van der Waals surface area contributed by atoms with Crippen LogP contribution in [0.3, 0.4) is 0 Å². The first-order valence-electron chi connectivity index (χ1n) is 9.93. The summed E-state index contributed by atoms with van der Waals surface area (Å²) in [5.74, 6) is -5.33. The van der Waals surface area contributed by atoms with Crippen LogP contribution in [0.2, 0.25) is 0 Å². The van der Waals surface area contributed by atoms with E-state index in [1.807, 2.05) is 13.8 Å². The number of carbonyl (C=O) groups excluding carboxylic acids is 4. The monoisotopic (exact) mass is 645 g/mol. The molecular formula is C21H42N2O8Pt. The molecule has 0 aliphatic heterocycles. The minimum atomic E-state index is -0.991. The predicted octanol–water partition coefficient (Wildman–Crippen LogP) is -2.50. The Bertz CT molecular complexity index is 416. The van der Waals surface area contributed by atoms with Crippen molar-refractivity contribution in [3.05, 3.63) is 0 Å². The molecule has 32 heavy (non-hydrogen) atoms. The molecule has 0 saturated heterocycles. The molecule has 0 aliphatic rings. The molecule has 194 valence electrons. The number of hydrogen-bond acceptors (Lipinski definition) is 10. The van der Waals surface area contributed by atoms with Gasteiger partial charge in [-0.3, -0.25) is 0 Å². The summed E-state index contributed by atoms with van der Waals surface area (Å²) in [6.45, 7) is 18.1. The quantitative estimate of drug-likeness (QED) is 0.310. The fourth-order valence-electron chi connectivity index (χ4n) is 0.0833. The van der Waals surface area contributed by atoms with Gasteiger partial charge in [0.2, 0.25) is 0 Å². The van der Waals surface area contributed by atoms with Crippen LogP contribution in [-0.2, 0) is 40.2 Å². The molecule has 0 unspecified atom stereocenters. The SMILES string of the molecule is CC(C)(CN)CN.CC(C)C(=O)[O-].CC(C)C(=O)[O-].CC(C)C(=O)[O-].CC(C)C(=O)[O-].[Pt+4]. The van der Waals surface area contributed by atoms with E-state index in [4.69, 9.17) is 11.5 Å². The second-order valence-electron chi connectivity index (χ2n) is 8.47. The zero-order chi connectivity index (χ0) is 26.5. The van der Waals surface area contributed by atoms with Crippen LogP contribution in [0.5, 0.6) is 0 Å². The molecule has 0 spiro atoms. The van der Waals surface area contributed by atoms with Crippen molar-refractivity contribution in [1.82, 2.24) is 0 Å². The molecule has 0 radical (unpaired) electrons. The summed E-state index contributed by atoms with van der Waals surface area (Å²) in [5, 5.41) is 38.4. The number of aliphatic carboxylic acids is 4. The van der Waals surface area contributed by atoms with Gasteiger partial charge in [-0.15, -0.1) is 0 Å². The van der Waals surface area contributed by atoms with Crippen molar-refractivity contribution >= 4 is 23.9 Å². The fraction of sp³-hybridized carbons (Fsp3) is 0.810. The maximum atomic E-state index is 9.59. The van der Waals surface area contributed by atoms with Crippen LogP contribution in [-0.4, -0.2) is 37.0 Å². The second kappa shape index (κ2) is 25.7. The minimum absolute atomic E-state index is 0. The van der Waals surface area contributed by atoms with E-state index >= 15 is 0 Å². The molecule has 0 bridgehead atoms. The van der Waals surface area contributed by atoms with Crippen LogP contribution in [0.1, 0.15) is 69.2 Å². The van der Waals surface area contributed by atoms with Gasteiger partial charge in [-0.25, -0.2) is 0 Å². The summed E-state index contributed by atoms with van der Waals surface area (Å²) >= 11 is 0. The van der Waals surface area contributed by atoms with E-state index in [2.05, 4.69) is 0 Å². The average Bonchev–Trinajstić information content (AvgIpc) is 2.63. The van der Waals surface area contributed by atoms with Crippen LogP contribution in [0.4, 0.5) is 0 Å². The molecule has 0 rings (SSSR count). The molecule has 4 N–H and O–H groups in total. The first-order chi connectivity index (χ1) is 13.7. The molecule has 0 amide bonds. The van der Waals surface area contributed by atoms with E-state index in [9.17, 15) is 39.6 Å². The molecule has 0 heterocycles. The molecule has 0 fully saturated rings. The van der Waals surface area contributed by atoms with Crippen molar-refractivity contribution in [2.45, 2.75) is 69.2 Å². The number of nitrogens with two attached hydrogens (primary N) is 2. The summed E-state index contributed by atoms with van der Waals surface area (Å²) in [7, 11) is 0. The Morgan fingerprint density at radius 1 is 0.562 bits per heavy atom. The van der Waals surface area contributed by atoms with Crippen LogP contribution in [0.15, 0.2) is 0 Å². The van der Waals surface area contributed by atoms with Gasteiger partial charge in [0.15, 0.2) is 0 Å². The summed E-state index contributed by atoms with van der Waals surface area (Å²) in [6.07, 6.45) is 0. The molecule has 10 nitrogen and oxygen atoms in total. The van der Waals surface area contributed by atoms with E-state index in [0.717, 1.165) is 0 Å². The van der Waals surface area contributed by atoms with Gasteiger partial charge >= 0.3 is 21.1 Å². The third-order valence-electron chi connectivity index (χ3n) is 2.99. The zero-order valence-corrected chi connectivity index (χ0v) is 23.2. The van der Waals surface area contributed by atoms with Crippen molar-refractivity contribution in [2.24, 2.45) is 40.6 Å². The summed E-state index contributed by atoms with van der Waals surface area (Å²) < 4.78 is 0. The van der Waals surface area contributed by atoms with Gasteiger partial charge in [-0.1, -0.05) is 69.2 Å². The van der Waals surface area contributed by atoms with Crippen LogP contribution >= 0.6 is 0 Å². The number of carboxylic acids is 4. The minimum Gasteiger partial charge on any atom is -0.550 e. The largest absolute Gasteiger partial charge is 4.00 e. The van der Waals surface area contributed by atoms with Gasteiger partial charge in [-0.05, 0) is 42.2 Å². The second-order valence-corrected chi connectivity index (χ2v) is 8.47. The average molecular weight is 646 g/mol. The summed E-state index contributed by atoms with van der Waals surface area (Å²) in [4.78, 5) is 38.4. The Balaban J connectivity index is -0.0000000656. The van der Waals surface area contributed by atoms with Gasteiger partial charge in [0.05, 0.1) is 0 Å². The Labute approximate surface area is 207 Å². The summed E-state index contributed by atoms with van der Waals surface area (Å²) in [6, 6.07) is 0. The number of hydrogen-bond donors (Lipinski definition) is 2. The smallest absolute Gasteiger partial charge is 0.550 e. The van der Waals surface area contributed by atoms with E-state index in [-0.39, 0.29) is 50.2 Å². The fourth-order valence-corrected chi connectivity index (χ4v) is 0.0833. The van der Waals surface area contributed by atoms with Gasteiger partial charge in [0, 0.05) is 23.9 Å². The Kier molecular flexibility index (Phi) is 35.6. The van der Waals surface area contributed by atoms with E-state index < -0.39 is 23.9 Å². The Morgan fingerprint density at radius 3 is 0.656 bits per heavy atom. The first-order valence-corrected chi connectivity index (χ1v) is 9.93. The van der Waals surface area contributed by atoms with Gasteiger partial charge in [0.1, 0.15) is 0 Å². The number of carbonyl (C=O) groups is 4. The van der Waals surface area contributed by atoms with Crippen molar-refractivity contribution < 1.29 is 60.7 Å².